The molecule has 0 heterocycles. The molecule has 4 atom stereocenters. The lowest BCUT2D eigenvalue weighted by atomic mass is 9.86. The highest BCUT2D eigenvalue weighted by atomic mass is 16.8. The fourth-order valence-electron chi connectivity index (χ4n) is 3.02. The van der Waals surface area contributed by atoms with E-state index < -0.39 is 48.3 Å². The minimum atomic E-state index is -1.86. The number of aliphatic carboxylic acids is 1. The Hall–Kier alpha value is -3.54. The van der Waals surface area contributed by atoms with Crippen molar-refractivity contribution in [2.24, 2.45) is 5.73 Å². The Labute approximate surface area is 216 Å². The number of carboxylic acid groups (broad SMARTS) is 1. The summed E-state index contributed by atoms with van der Waals surface area (Å²) in [4.78, 5) is 48.0. The first kappa shape index (κ1) is 31.5. The lowest BCUT2D eigenvalue weighted by Gasteiger charge is -2.28. The van der Waals surface area contributed by atoms with Gasteiger partial charge in [-0.3, -0.25) is 4.79 Å². The zero-order valence-electron chi connectivity index (χ0n) is 22.1. The third kappa shape index (κ3) is 10.9. The minimum Gasteiger partial charge on any atom is -0.480 e. The molecule has 3 unspecified atom stereocenters. The Morgan fingerprint density at radius 2 is 1.35 bits per heavy atom. The molecule has 1 rings (SSSR count). The second-order valence-corrected chi connectivity index (χ2v) is 8.61. The van der Waals surface area contributed by atoms with E-state index in [-0.39, 0.29) is 30.9 Å². The van der Waals surface area contributed by atoms with Crippen LogP contribution >= 0.6 is 0 Å². The average molecular weight is 528 g/mol. The summed E-state index contributed by atoms with van der Waals surface area (Å²) in [6.45, 7) is 10.2. The fraction of sp³-hybridized carbons (Fsp3) is 0.600. The summed E-state index contributed by atoms with van der Waals surface area (Å²) in [6, 6.07) is 4.09. The first-order valence-electron chi connectivity index (χ1n) is 12.1. The molecular formula is C25H37NO11. The first-order chi connectivity index (χ1) is 17.3. The minimum absolute atomic E-state index is 0.0970. The monoisotopic (exact) mass is 527 g/mol. The van der Waals surface area contributed by atoms with Crippen molar-refractivity contribution in [1.29, 1.82) is 0 Å². The molecular weight excluding hydrogens is 490 g/mol. The van der Waals surface area contributed by atoms with Crippen LogP contribution in [0.15, 0.2) is 18.2 Å². The molecule has 0 saturated heterocycles. The number of nitrogens with two attached hydrogens (primary N) is 1. The zero-order valence-corrected chi connectivity index (χ0v) is 22.1. The summed E-state index contributed by atoms with van der Waals surface area (Å²) in [5, 5.41) is 9.81. The third-order valence-corrected chi connectivity index (χ3v) is 5.30. The van der Waals surface area contributed by atoms with E-state index >= 15 is 0 Å². The predicted octanol–water partition coefficient (Wildman–Crippen LogP) is 4.59. The zero-order chi connectivity index (χ0) is 28.2. The Balaban J connectivity index is 3.20. The van der Waals surface area contributed by atoms with E-state index in [0.29, 0.717) is 18.4 Å². The van der Waals surface area contributed by atoms with Gasteiger partial charge >= 0.3 is 24.4 Å². The van der Waals surface area contributed by atoms with Crippen LogP contribution < -0.4 is 15.2 Å². The summed E-state index contributed by atoms with van der Waals surface area (Å²) in [5.41, 5.74) is 4.65. The molecule has 0 spiro atoms. The first-order valence-corrected chi connectivity index (χ1v) is 12.1. The number of rotatable bonds is 13. The van der Waals surface area contributed by atoms with E-state index in [1.807, 2.05) is 13.8 Å². The molecule has 0 aliphatic heterocycles. The highest BCUT2D eigenvalue weighted by Gasteiger charge is 2.37. The number of hydrogen-bond acceptors (Lipinski definition) is 11. The van der Waals surface area contributed by atoms with Crippen LogP contribution in [0.4, 0.5) is 14.4 Å². The van der Waals surface area contributed by atoms with E-state index in [1.165, 1.54) is 25.1 Å². The van der Waals surface area contributed by atoms with Gasteiger partial charge in [0.15, 0.2) is 11.5 Å². The molecule has 0 radical (unpaired) electrons. The number of carboxylic acids is 1. The molecule has 1 aromatic carbocycles. The molecule has 0 amide bonds. The number of hydrogen-bond donors (Lipinski definition) is 2. The van der Waals surface area contributed by atoms with Crippen molar-refractivity contribution >= 4 is 24.4 Å². The largest absolute Gasteiger partial charge is 0.514 e. The molecule has 12 nitrogen and oxygen atoms in total. The summed E-state index contributed by atoms with van der Waals surface area (Å²) < 4.78 is 30.4. The lowest BCUT2D eigenvalue weighted by Crippen LogP contribution is -2.52. The van der Waals surface area contributed by atoms with Gasteiger partial charge in [-0.2, -0.15) is 0 Å². The van der Waals surface area contributed by atoms with E-state index in [9.17, 15) is 24.3 Å². The number of carbonyl (C=O) groups is 4. The molecule has 0 aliphatic rings. The van der Waals surface area contributed by atoms with Crippen LogP contribution in [0.25, 0.3) is 0 Å². The van der Waals surface area contributed by atoms with Crippen LogP contribution in [0, 0.1) is 0 Å². The SMILES string of the molecule is CCOC(=O)O[C@@H](C)CC(N)(Cc1ccc(OC(=O)OC(C)CC)c(OC(=O)OC(C)CC)c1)C(=O)O. The van der Waals surface area contributed by atoms with Crippen LogP contribution in [0.2, 0.25) is 0 Å². The van der Waals surface area contributed by atoms with E-state index in [1.54, 1.807) is 20.8 Å². The molecule has 0 saturated carbocycles. The standard InChI is InChI=1S/C25H37NO11/c1-7-15(4)33-23(30)36-19-11-10-18(12-20(19)37-24(31)34-16(5)8-2)14-25(26,21(27)28)13-17(6)35-22(29)32-9-3/h10-12,15-17H,7-9,13-14,26H2,1-6H3,(H,27,28)/t15?,16?,17-,25?/m0/s1. The molecule has 1 aromatic rings. The summed E-state index contributed by atoms with van der Waals surface area (Å²) in [6.07, 6.45) is -4.08. The van der Waals surface area contributed by atoms with Gasteiger partial charge in [0, 0.05) is 12.8 Å². The van der Waals surface area contributed by atoms with E-state index in [0.717, 1.165) is 0 Å². The molecule has 0 aliphatic carbocycles. The second-order valence-electron chi connectivity index (χ2n) is 8.61. The van der Waals surface area contributed by atoms with Gasteiger partial charge in [-0.25, -0.2) is 14.4 Å². The Morgan fingerprint density at radius 3 is 1.84 bits per heavy atom. The van der Waals surface area contributed by atoms with Crippen molar-refractivity contribution in [3.63, 3.8) is 0 Å². The van der Waals surface area contributed by atoms with Gasteiger partial charge in [0.2, 0.25) is 0 Å². The number of carbonyl (C=O) groups excluding carboxylic acids is 3. The number of ether oxygens (including phenoxy) is 6. The van der Waals surface area contributed by atoms with Crippen molar-refractivity contribution in [3.8, 4) is 11.5 Å². The van der Waals surface area contributed by atoms with Gasteiger partial charge in [-0.05, 0) is 58.2 Å². The maximum absolute atomic E-state index is 12.3. The molecule has 37 heavy (non-hydrogen) atoms. The molecule has 0 bridgehead atoms. The highest BCUT2D eigenvalue weighted by molar-refractivity contribution is 5.79. The van der Waals surface area contributed by atoms with Crippen molar-refractivity contribution in [3.05, 3.63) is 23.8 Å². The topological polar surface area (TPSA) is 170 Å². The quantitative estimate of drug-likeness (QED) is 0.208. The smallest absolute Gasteiger partial charge is 0.480 e. The third-order valence-electron chi connectivity index (χ3n) is 5.30. The molecule has 208 valence electrons. The molecule has 3 N–H and O–H groups in total. The number of benzene rings is 1. The van der Waals surface area contributed by atoms with Crippen molar-refractivity contribution in [2.75, 3.05) is 6.61 Å². The highest BCUT2D eigenvalue weighted by Crippen LogP contribution is 2.31. The van der Waals surface area contributed by atoms with Gasteiger partial charge in [0.25, 0.3) is 0 Å². The fourth-order valence-corrected chi connectivity index (χ4v) is 3.02. The Morgan fingerprint density at radius 1 is 0.838 bits per heavy atom. The van der Waals surface area contributed by atoms with Crippen molar-refractivity contribution in [1.82, 2.24) is 0 Å². The van der Waals surface area contributed by atoms with Gasteiger partial charge < -0.3 is 39.3 Å². The van der Waals surface area contributed by atoms with Gasteiger partial charge in [-0.15, -0.1) is 0 Å². The van der Waals surface area contributed by atoms with Crippen LogP contribution in [-0.4, -0.2) is 60.0 Å². The molecule has 0 fully saturated rings. The maximum atomic E-state index is 12.3. The Kier molecular flexibility index (Phi) is 12.7. The van der Waals surface area contributed by atoms with Crippen molar-refractivity contribution in [2.45, 2.75) is 91.1 Å². The van der Waals surface area contributed by atoms with Gasteiger partial charge in [0.1, 0.15) is 23.9 Å². The second kappa shape index (κ2) is 14.9. The molecule has 12 heteroatoms. The van der Waals surface area contributed by atoms with Crippen LogP contribution in [0.3, 0.4) is 0 Å². The van der Waals surface area contributed by atoms with Crippen LogP contribution in [0.1, 0.15) is 66.4 Å². The van der Waals surface area contributed by atoms with E-state index in [4.69, 9.17) is 34.2 Å². The van der Waals surface area contributed by atoms with Gasteiger partial charge in [0.05, 0.1) is 6.61 Å². The van der Waals surface area contributed by atoms with Gasteiger partial charge in [-0.1, -0.05) is 19.9 Å². The maximum Gasteiger partial charge on any atom is 0.514 e. The van der Waals surface area contributed by atoms with Crippen LogP contribution in [-0.2, 0) is 30.2 Å². The summed E-state index contributed by atoms with van der Waals surface area (Å²) in [7, 11) is 0. The van der Waals surface area contributed by atoms with Crippen LogP contribution in [0.5, 0.6) is 11.5 Å². The van der Waals surface area contributed by atoms with Crippen molar-refractivity contribution < 1.29 is 52.7 Å². The normalized spacial score (nSPS) is 14.8. The Bertz CT molecular complexity index is 935. The summed E-state index contributed by atoms with van der Waals surface area (Å²) in [5.74, 6) is -1.69. The summed E-state index contributed by atoms with van der Waals surface area (Å²) >= 11 is 0. The predicted molar refractivity (Wildman–Crippen MR) is 131 cm³/mol. The molecule has 0 aromatic heterocycles. The average Bonchev–Trinajstić information content (AvgIpc) is 2.80. The lowest BCUT2D eigenvalue weighted by molar-refractivity contribution is -0.144. The van der Waals surface area contributed by atoms with E-state index in [2.05, 4.69) is 0 Å².